The van der Waals surface area contributed by atoms with Gasteiger partial charge in [0.2, 0.25) is 5.91 Å². The zero-order valence-electron chi connectivity index (χ0n) is 15.2. The van der Waals surface area contributed by atoms with Crippen molar-refractivity contribution in [2.75, 3.05) is 13.1 Å². The number of amides is 1. The second-order valence-corrected chi connectivity index (χ2v) is 7.59. The van der Waals surface area contributed by atoms with Crippen molar-refractivity contribution < 1.29 is 4.79 Å². The predicted molar refractivity (Wildman–Crippen MR) is 98.3 cm³/mol. The lowest BCUT2D eigenvalue weighted by atomic mass is 9.87. The first-order valence-electron chi connectivity index (χ1n) is 9.85. The fourth-order valence-corrected chi connectivity index (χ4v) is 4.56. The van der Waals surface area contributed by atoms with Crippen molar-refractivity contribution in [2.24, 2.45) is 5.92 Å². The van der Waals surface area contributed by atoms with Crippen LogP contribution in [0.3, 0.4) is 0 Å². The maximum absolute atomic E-state index is 12.7. The molecule has 25 heavy (non-hydrogen) atoms. The molecule has 5 nitrogen and oxygen atoms in total. The fourth-order valence-electron chi connectivity index (χ4n) is 4.56. The van der Waals surface area contributed by atoms with Crippen LogP contribution >= 0.6 is 0 Å². The first-order valence-corrected chi connectivity index (χ1v) is 9.85. The SMILES string of the molecule is CCn1c([C@H]2CCN(C(=O)CC3CCCCC3)C2)nc2cccnc21. The number of aryl methyl sites for hydroxylation is 1. The lowest BCUT2D eigenvalue weighted by Gasteiger charge is -2.24. The van der Waals surface area contributed by atoms with Crippen LogP contribution in [-0.4, -0.2) is 38.4 Å². The molecule has 1 aliphatic carbocycles. The molecule has 0 spiro atoms. The Morgan fingerprint density at radius 3 is 2.88 bits per heavy atom. The summed E-state index contributed by atoms with van der Waals surface area (Å²) in [6.07, 6.45) is 10.0. The molecule has 1 aliphatic heterocycles. The van der Waals surface area contributed by atoms with Gasteiger partial charge in [-0.2, -0.15) is 0 Å². The van der Waals surface area contributed by atoms with E-state index in [1.165, 1.54) is 32.1 Å². The van der Waals surface area contributed by atoms with E-state index in [4.69, 9.17) is 4.98 Å². The molecule has 2 aromatic rings. The average Bonchev–Trinajstić information content (AvgIpc) is 3.27. The molecule has 0 bridgehead atoms. The largest absolute Gasteiger partial charge is 0.342 e. The van der Waals surface area contributed by atoms with E-state index in [2.05, 4.69) is 21.4 Å². The van der Waals surface area contributed by atoms with Crippen LogP contribution in [0.15, 0.2) is 18.3 Å². The Bertz CT molecular complexity index is 747. The van der Waals surface area contributed by atoms with E-state index in [-0.39, 0.29) is 0 Å². The van der Waals surface area contributed by atoms with Crippen LogP contribution in [0, 0.1) is 5.92 Å². The Morgan fingerprint density at radius 1 is 1.24 bits per heavy atom. The number of fused-ring (bicyclic) bond motifs is 1. The second kappa shape index (κ2) is 7.14. The summed E-state index contributed by atoms with van der Waals surface area (Å²) in [4.78, 5) is 24.1. The molecule has 2 aliphatic rings. The van der Waals surface area contributed by atoms with Gasteiger partial charge in [0.15, 0.2) is 5.65 Å². The Balaban J connectivity index is 1.46. The number of rotatable bonds is 4. The Kier molecular flexibility index (Phi) is 4.73. The Labute approximate surface area is 149 Å². The van der Waals surface area contributed by atoms with Gasteiger partial charge in [0.25, 0.3) is 0 Å². The molecule has 2 aromatic heterocycles. The molecular weight excluding hydrogens is 312 g/mol. The predicted octanol–water partition coefficient (Wildman–Crippen LogP) is 3.74. The van der Waals surface area contributed by atoms with Crippen LogP contribution < -0.4 is 0 Å². The maximum atomic E-state index is 12.7. The summed E-state index contributed by atoms with van der Waals surface area (Å²) in [5.41, 5.74) is 1.93. The highest BCUT2D eigenvalue weighted by Gasteiger charge is 2.31. The molecule has 0 aromatic carbocycles. The van der Waals surface area contributed by atoms with Crippen LogP contribution in [0.25, 0.3) is 11.2 Å². The number of carbonyl (C=O) groups is 1. The lowest BCUT2D eigenvalue weighted by molar-refractivity contribution is -0.131. The quantitative estimate of drug-likeness (QED) is 0.852. The van der Waals surface area contributed by atoms with Crippen molar-refractivity contribution in [3.05, 3.63) is 24.2 Å². The van der Waals surface area contributed by atoms with E-state index >= 15 is 0 Å². The van der Waals surface area contributed by atoms with Gasteiger partial charge < -0.3 is 9.47 Å². The molecule has 134 valence electrons. The van der Waals surface area contributed by atoms with Crippen molar-refractivity contribution in [1.29, 1.82) is 0 Å². The van der Waals surface area contributed by atoms with E-state index < -0.39 is 0 Å². The van der Waals surface area contributed by atoms with Crippen LogP contribution in [0.2, 0.25) is 0 Å². The van der Waals surface area contributed by atoms with Crippen molar-refractivity contribution in [3.8, 4) is 0 Å². The van der Waals surface area contributed by atoms with Gasteiger partial charge in [-0.05, 0) is 44.2 Å². The average molecular weight is 340 g/mol. The molecule has 1 saturated heterocycles. The van der Waals surface area contributed by atoms with Gasteiger partial charge in [-0.15, -0.1) is 0 Å². The first kappa shape index (κ1) is 16.6. The highest BCUT2D eigenvalue weighted by Crippen LogP contribution is 2.31. The molecule has 1 amide bonds. The third-order valence-electron chi connectivity index (χ3n) is 5.94. The van der Waals surface area contributed by atoms with Gasteiger partial charge in [0.05, 0.1) is 0 Å². The molecule has 0 radical (unpaired) electrons. The summed E-state index contributed by atoms with van der Waals surface area (Å²) in [6.45, 7) is 4.70. The molecule has 2 fully saturated rings. The van der Waals surface area contributed by atoms with E-state index in [1.807, 2.05) is 18.3 Å². The number of hydrogen-bond donors (Lipinski definition) is 0. The lowest BCUT2D eigenvalue weighted by Crippen LogP contribution is -2.30. The fraction of sp³-hybridized carbons (Fsp3) is 0.650. The van der Waals surface area contributed by atoms with Crippen molar-refractivity contribution in [2.45, 2.75) is 64.3 Å². The van der Waals surface area contributed by atoms with Gasteiger partial charge in [0.1, 0.15) is 11.3 Å². The number of likely N-dealkylation sites (tertiary alicyclic amines) is 1. The number of pyridine rings is 1. The summed E-state index contributed by atoms with van der Waals surface area (Å²) in [7, 11) is 0. The highest BCUT2D eigenvalue weighted by atomic mass is 16.2. The van der Waals surface area contributed by atoms with E-state index in [0.29, 0.717) is 17.7 Å². The van der Waals surface area contributed by atoms with Gasteiger partial charge >= 0.3 is 0 Å². The van der Waals surface area contributed by atoms with Crippen molar-refractivity contribution in [1.82, 2.24) is 19.4 Å². The van der Waals surface area contributed by atoms with Crippen molar-refractivity contribution >= 4 is 17.1 Å². The summed E-state index contributed by atoms with van der Waals surface area (Å²) < 4.78 is 2.22. The third-order valence-corrected chi connectivity index (χ3v) is 5.94. The molecule has 5 heteroatoms. The number of hydrogen-bond acceptors (Lipinski definition) is 3. The second-order valence-electron chi connectivity index (χ2n) is 7.59. The third kappa shape index (κ3) is 3.29. The summed E-state index contributed by atoms with van der Waals surface area (Å²) in [5.74, 6) is 2.41. The van der Waals surface area contributed by atoms with Gasteiger partial charge in [0, 0.05) is 38.2 Å². The molecule has 4 rings (SSSR count). The Hall–Kier alpha value is -1.91. The summed E-state index contributed by atoms with van der Waals surface area (Å²) >= 11 is 0. The maximum Gasteiger partial charge on any atom is 0.222 e. The standard InChI is InChI=1S/C20H28N4O/c1-2-24-19(22-17-9-6-11-21-20(17)24)16-10-12-23(14-16)18(25)13-15-7-4-3-5-8-15/h6,9,11,15-16H,2-5,7-8,10,12-14H2,1H3/t16-/m0/s1. The minimum absolute atomic E-state index is 0.337. The van der Waals surface area contributed by atoms with Crippen LogP contribution in [0.5, 0.6) is 0 Å². The van der Waals surface area contributed by atoms with E-state index in [0.717, 1.165) is 49.5 Å². The monoisotopic (exact) mass is 340 g/mol. The normalized spacial score (nSPS) is 22.0. The van der Waals surface area contributed by atoms with Gasteiger partial charge in [-0.1, -0.05) is 19.3 Å². The topological polar surface area (TPSA) is 51.0 Å². The van der Waals surface area contributed by atoms with Crippen LogP contribution in [-0.2, 0) is 11.3 Å². The molecule has 1 saturated carbocycles. The van der Waals surface area contributed by atoms with E-state index in [9.17, 15) is 4.79 Å². The number of aromatic nitrogens is 3. The van der Waals surface area contributed by atoms with Crippen LogP contribution in [0.4, 0.5) is 0 Å². The van der Waals surface area contributed by atoms with Crippen LogP contribution in [0.1, 0.15) is 63.6 Å². The molecule has 1 atom stereocenters. The zero-order valence-corrected chi connectivity index (χ0v) is 15.2. The molecule has 0 unspecified atom stereocenters. The number of imidazole rings is 1. The van der Waals surface area contributed by atoms with Crippen molar-refractivity contribution in [3.63, 3.8) is 0 Å². The summed E-state index contributed by atoms with van der Waals surface area (Å²) in [6, 6.07) is 3.96. The minimum atomic E-state index is 0.337. The zero-order chi connectivity index (χ0) is 17.2. The molecule has 0 N–H and O–H groups in total. The summed E-state index contributed by atoms with van der Waals surface area (Å²) in [5, 5.41) is 0. The first-order chi connectivity index (χ1) is 12.3. The Morgan fingerprint density at radius 2 is 2.08 bits per heavy atom. The molecule has 3 heterocycles. The number of nitrogens with zero attached hydrogens (tertiary/aromatic N) is 4. The van der Waals surface area contributed by atoms with Gasteiger partial charge in [-0.25, -0.2) is 9.97 Å². The smallest absolute Gasteiger partial charge is 0.222 e. The number of carbonyl (C=O) groups excluding carboxylic acids is 1. The molecular formula is C20H28N4O. The minimum Gasteiger partial charge on any atom is -0.342 e. The van der Waals surface area contributed by atoms with Gasteiger partial charge in [-0.3, -0.25) is 4.79 Å². The highest BCUT2D eigenvalue weighted by molar-refractivity contribution is 5.77. The van der Waals surface area contributed by atoms with E-state index in [1.54, 1.807) is 0 Å².